The van der Waals surface area contributed by atoms with Crippen LogP contribution in [-0.4, -0.2) is 31.2 Å². The van der Waals surface area contributed by atoms with Crippen molar-refractivity contribution in [3.63, 3.8) is 0 Å². The van der Waals surface area contributed by atoms with E-state index in [1.54, 1.807) is 13.8 Å². The number of esters is 2. The van der Waals surface area contributed by atoms with E-state index in [4.69, 9.17) is 9.47 Å². The molecular weight excluding hydrogens is 265 g/mol. The van der Waals surface area contributed by atoms with Crippen LogP contribution in [0.1, 0.15) is 20.3 Å². The van der Waals surface area contributed by atoms with Crippen LogP contribution in [0.25, 0.3) is 0 Å². The number of rotatable bonds is 7. The first kappa shape index (κ1) is 15.9. The van der Waals surface area contributed by atoms with Crippen molar-refractivity contribution < 1.29 is 23.5 Å². The van der Waals surface area contributed by atoms with Gasteiger partial charge in [0.15, 0.2) is 0 Å². The quantitative estimate of drug-likeness (QED) is 0.776. The molecular formula is C14H18FNO4. The van der Waals surface area contributed by atoms with Gasteiger partial charge in [0, 0.05) is 5.69 Å². The molecule has 6 heteroatoms. The Hall–Kier alpha value is -2.11. The smallest absolute Gasteiger partial charge is 0.329 e. The summed E-state index contributed by atoms with van der Waals surface area (Å²) in [5.74, 6) is -1.43. The molecule has 0 heterocycles. The molecule has 1 rings (SSSR count). The number of carbonyl (C=O) groups excluding carboxylic acids is 2. The molecule has 1 N–H and O–H groups in total. The van der Waals surface area contributed by atoms with Crippen molar-refractivity contribution in [2.75, 3.05) is 18.5 Å². The summed E-state index contributed by atoms with van der Waals surface area (Å²) in [6.07, 6.45) is -0.149. The van der Waals surface area contributed by atoms with E-state index in [0.717, 1.165) is 0 Å². The van der Waals surface area contributed by atoms with Gasteiger partial charge in [-0.2, -0.15) is 0 Å². The maximum absolute atomic E-state index is 12.8. The van der Waals surface area contributed by atoms with E-state index in [0.29, 0.717) is 5.69 Å². The molecule has 1 atom stereocenters. The second-order valence-corrected chi connectivity index (χ2v) is 3.97. The van der Waals surface area contributed by atoms with E-state index in [9.17, 15) is 14.0 Å². The highest BCUT2D eigenvalue weighted by atomic mass is 19.1. The maximum Gasteiger partial charge on any atom is 0.329 e. The molecule has 0 saturated heterocycles. The number of benzene rings is 1. The number of hydrogen-bond acceptors (Lipinski definition) is 5. The minimum atomic E-state index is -0.862. The Labute approximate surface area is 117 Å². The fourth-order valence-corrected chi connectivity index (χ4v) is 1.57. The van der Waals surface area contributed by atoms with Gasteiger partial charge in [0.25, 0.3) is 0 Å². The molecule has 0 spiro atoms. The van der Waals surface area contributed by atoms with Gasteiger partial charge in [-0.1, -0.05) is 0 Å². The summed E-state index contributed by atoms with van der Waals surface area (Å²) in [6.45, 7) is 3.82. The predicted molar refractivity (Wildman–Crippen MR) is 71.7 cm³/mol. The van der Waals surface area contributed by atoms with Crippen LogP contribution in [0.2, 0.25) is 0 Å². The minimum absolute atomic E-state index is 0.149. The van der Waals surface area contributed by atoms with E-state index >= 15 is 0 Å². The lowest BCUT2D eigenvalue weighted by Gasteiger charge is -2.17. The third-order valence-electron chi connectivity index (χ3n) is 2.43. The van der Waals surface area contributed by atoms with Gasteiger partial charge >= 0.3 is 11.9 Å². The number of nitrogens with one attached hydrogen (secondary N) is 1. The van der Waals surface area contributed by atoms with Crippen molar-refractivity contribution in [1.29, 1.82) is 0 Å². The Bertz CT molecular complexity index is 447. The number of carbonyl (C=O) groups is 2. The van der Waals surface area contributed by atoms with E-state index in [1.165, 1.54) is 24.3 Å². The van der Waals surface area contributed by atoms with Gasteiger partial charge in [-0.25, -0.2) is 9.18 Å². The number of halogens is 1. The monoisotopic (exact) mass is 283 g/mol. The molecule has 110 valence electrons. The van der Waals surface area contributed by atoms with Crippen LogP contribution in [0.4, 0.5) is 10.1 Å². The van der Waals surface area contributed by atoms with Crippen molar-refractivity contribution in [2.24, 2.45) is 0 Å². The number of anilines is 1. The lowest BCUT2D eigenvalue weighted by Crippen LogP contribution is -2.34. The number of ether oxygens (including phenoxy) is 2. The van der Waals surface area contributed by atoms with Gasteiger partial charge in [-0.15, -0.1) is 0 Å². The second kappa shape index (κ2) is 8.14. The SMILES string of the molecule is CCOC(=O)CC(Nc1ccc(F)cc1)C(=O)OCC. The topological polar surface area (TPSA) is 64.6 Å². The van der Waals surface area contributed by atoms with Gasteiger partial charge in [0.05, 0.1) is 19.6 Å². The first-order valence-electron chi connectivity index (χ1n) is 6.41. The molecule has 0 saturated carbocycles. The fraction of sp³-hybridized carbons (Fsp3) is 0.429. The van der Waals surface area contributed by atoms with E-state index < -0.39 is 18.0 Å². The summed E-state index contributed by atoms with van der Waals surface area (Å²) in [5, 5.41) is 2.84. The molecule has 0 amide bonds. The molecule has 0 fully saturated rings. The molecule has 0 aliphatic heterocycles. The van der Waals surface area contributed by atoms with Gasteiger partial charge in [0.2, 0.25) is 0 Å². The highest BCUT2D eigenvalue weighted by Gasteiger charge is 2.23. The third kappa shape index (κ3) is 5.26. The Morgan fingerprint density at radius 1 is 1.15 bits per heavy atom. The maximum atomic E-state index is 12.8. The highest BCUT2D eigenvalue weighted by Crippen LogP contribution is 2.12. The van der Waals surface area contributed by atoms with Crippen LogP contribution < -0.4 is 5.32 Å². The van der Waals surface area contributed by atoms with Crippen molar-refractivity contribution in [2.45, 2.75) is 26.3 Å². The fourth-order valence-electron chi connectivity index (χ4n) is 1.57. The van der Waals surface area contributed by atoms with E-state index in [2.05, 4.69) is 5.32 Å². The zero-order valence-corrected chi connectivity index (χ0v) is 11.5. The zero-order valence-electron chi connectivity index (χ0n) is 11.5. The zero-order chi connectivity index (χ0) is 15.0. The van der Waals surface area contributed by atoms with Crippen LogP contribution >= 0.6 is 0 Å². The number of hydrogen-bond donors (Lipinski definition) is 1. The summed E-state index contributed by atoms with van der Waals surface area (Å²) in [5.41, 5.74) is 0.522. The molecule has 0 radical (unpaired) electrons. The molecule has 0 aliphatic rings. The third-order valence-corrected chi connectivity index (χ3v) is 2.43. The van der Waals surface area contributed by atoms with Gasteiger partial charge in [-0.3, -0.25) is 4.79 Å². The molecule has 0 aromatic heterocycles. The summed E-state index contributed by atoms with van der Waals surface area (Å²) in [6, 6.07) is 4.61. The van der Waals surface area contributed by atoms with Gasteiger partial charge in [0.1, 0.15) is 11.9 Å². The van der Waals surface area contributed by atoms with Crippen molar-refractivity contribution in [3.05, 3.63) is 30.1 Å². The lowest BCUT2D eigenvalue weighted by molar-refractivity contribution is -0.150. The Morgan fingerprint density at radius 3 is 2.30 bits per heavy atom. The molecule has 5 nitrogen and oxygen atoms in total. The molecule has 1 aromatic carbocycles. The van der Waals surface area contributed by atoms with Crippen LogP contribution in [-0.2, 0) is 19.1 Å². The average Bonchev–Trinajstić information content (AvgIpc) is 2.41. The first-order valence-corrected chi connectivity index (χ1v) is 6.41. The van der Waals surface area contributed by atoms with Crippen molar-refractivity contribution in [3.8, 4) is 0 Å². The average molecular weight is 283 g/mol. The molecule has 1 aromatic rings. The molecule has 0 aliphatic carbocycles. The molecule has 20 heavy (non-hydrogen) atoms. The second-order valence-electron chi connectivity index (χ2n) is 3.97. The Morgan fingerprint density at radius 2 is 1.75 bits per heavy atom. The summed E-state index contributed by atoms with van der Waals surface area (Å²) in [7, 11) is 0. The first-order chi connectivity index (χ1) is 9.56. The van der Waals surface area contributed by atoms with Gasteiger partial charge in [-0.05, 0) is 38.1 Å². The standard InChI is InChI=1S/C14H18FNO4/c1-3-19-13(17)9-12(14(18)20-4-2)16-11-7-5-10(15)6-8-11/h5-8,12,16H,3-4,9H2,1-2H3. The van der Waals surface area contributed by atoms with E-state index in [-0.39, 0.29) is 25.5 Å². The van der Waals surface area contributed by atoms with Gasteiger partial charge < -0.3 is 14.8 Å². The normalized spacial score (nSPS) is 11.6. The largest absolute Gasteiger partial charge is 0.466 e. The summed E-state index contributed by atoms with van der Waals surface area (Å²) >= 11 is 0. The van der Waals surface area contributed by atoms with Crippen LogP contribution in [0, 0.1) is 5.82 Å². The van der Waals surface area contributed by atoms with Crippen molar-refractivity contribution >= 4 is 17.6 Å². The van der Waals surface area contributed by atoms with Crippen LogP contribution in [0.3, 0.4) is 0 Å². The minimum Gasteiger partial charge on any atom is -0.466 e. The predicted octanol–water partition coefficient (Wildman–Crippen LogP) is 2.12. The van der Waals surface area contributed by atoms with Crippen molar-refractivity contribution in [1.82, 2.24) is 0 Å². The van der Waals surface area contributed by atoms with E-state index in [1.807, 2.05) is 0 Å². The molecule has 0 bridgehead atoms. The summed E-state index contributed by atoms with van der Waals surface area (Å²) < 4.78 is 22.5. The molecule has 1 unspecified atom stereocenters. The summed E-state index contributed by atoms with van der Waals surface area (Å²) in [4.78, 5) is 23.3. The van der Waals surface area contributed by atoms with Crippen LogP contribution in [0.15, 0.2) is 24.3 Å². The Balaban J connectivity index is 2.73. The van der Waals surface area contributed by atoms with Crippen LogP contribution in [0.5, 0.6) is 0 Å². The lowest BCUT2D eigenvalue weighted by atomic mass is 10.2. The highest BCUT2D eigenvalue weighted by molar-refractivity contribution is 5.85. The Kier molecular flexibility index (Phi) is 6.49.